The van der Waals surface area contributed by atoms with Crippen molar-refractivity contribution in [2.24, 2.45) is 63.2 Å². The monoisotopic (exact) mass is 1490 g/mol. The summed E-state index contributed by atoms with van der Waals surface area (Å²) in [5.74, 6) is -17.0. The van der Waals surface area contributed by atoms with Gasteiger partial charge in [-0.3, -0.25) is 71.9 Å². The number of H-pyrrole nitrogens is 1. The van der Waals surface area contributed by atoms with E-state index in [1.54, 1.807) is 27.7 Å². The molecule has 0 unspecified atom stereocenters. The van der Waals surface area contributed by atoms with E-state index in [2.05, 4.69) is 78.5 Å². The van der Waals surface area contributed by atoms with Crippen molar-refractivity contribution in [3.05, 3.63) is 51.9 Å². The second-order valence-electron chi connectivity index (χ2n) is 28.1. The molecule has 0 aliphatic heterocycles. The highest BCUT2D eigenvalue weighted by atomic mass is 19.1. The van der Waals surface area contributed by atoms with Crippen LogP contribution in [0.3, 0.4) is 0 Å². The molecule has 16 N–H and O–H groups in total. The average Bonchev–Trinajstić information content (AvgIpc) is 0.987. The molecule has 106 heavy (non-hydrogen) atoms. The number of hydrogen-bond acceptors (Lipinski definition) is 21. The molecule has 35 nitrogen and oxygen atoms in total. The number of nitrogens with two attached hydrogens (primary N) is 3. The van der Waals surface area contributed by atoms with Crippen LogP contribution in [-0.4, -0.2) is 183 Å². The Morgan fingerprint density at radius 1 is 0.604 bits per heavy atom. The Hall–Kier alpha value is -9.99. The van der Waals surface area contributed by atoms with E-state index in [1.807, 2.05) is 13.8 Å². The highest BCUT2D eigenvalue weighted by Crippen LogP contribution is 2.31. The average molecular weight is 1490 g/mol. The van der Waals surface area contributed by atoms with Gasteiger partial charge in [0.1, 0.15) is 41.6 Å². The third-order valence-electron chi connectivity index (χ3n) is 17.8. The Morgan fingerprint density at radius 3 is 1.71 bits per heavy atom. The zero-order valence-corrected chi connectivity index (χ0v) is 62.7. The number of benzene rings is 1. The molecular formula is C70H110FN19O16. The largest absolute Gasteiger partial charge is 0.370 e. The first-order valence-corrected chi connectivity index (χ1v) is 35.8. The molecule has 1 aromatic carbocycles. The SMILES string of the molecule is CC[C@H](C)[C@H](NC(=O)[C@H](CCCCN)CC(=O)[C@H](Cc1nn[nH]n1)NC(=O)[C@@H](CC(C)=O)CC(C)C)C(=O)N[C@@H](C)C(=O)N[C@@H](CCC(N)=O)C(=O)C[C@@H](CCCCN=[N+]=[N-])C(=O)N[C@@H](C)C(=O)C[C@@](C)(Cc1ccccc1F)C(=O)N[C@H](C(=O)N[C@@H](CCC(N)=O)C(=O)NCC(=O)NCC(C)=O)C(C)C. The van der Waals surface area contributed by atoms with Gasteiger partial charge in [-0.15, -0.1) is 10.2 Å². The molecule has 0 fully saturated rings. The number of aromatic nitrogens is 4. The van der Waals surface area contributed by atoms with Crippen LogP contribution in [0.4, 0.5) is 4.39 Å². The fourth-order valence-corrected chi connectivity index (χ4v) is 11.5. The van der Waals surface area contributed by atoms with Crippen molar-refractivity contribution in [3.8, 4) is 0 Å². The Bertz CT molecular complexity index is 3400. The van der Waals surface area contributed by atoms with Gasteiger partial charge in [0.25, 0.3) is 0 Å². The number of aromatic amines is 1. The van der Waals surface area contributed by atoms with Crippen LogP contribution in [0.2, 0.25) is 0 Å². The number of primary amides is 2. The minimum atomic E-state index is -1.90. The van der Waals surface area contributed by atoms with Crippen LogP contribution in [0.1, 0.15) is 190 Å². The second kappa shape index (κ2) is 47.5. The van der Waals surface area contributed by atoms with Crippen molar-refractivity contribution in [1.82, 2.24) is 68.5 Å². The summed E-state index contributed by atoms with van der Waals surface area (Å²) in [6, 6.07) is -4.53. The Balaban J connectivity index is 2.49. The van der Waals surface area contributed by atoms with E-state index >= 15 is 4.39 Å². The summed E-state index contributed by atoms with van der Waals surface area (Å²) < 4.78 is 15.5. The van der Waals surface area contributed by atoms with Crippen LogP contribution in [-0.2, 0) is 89.6 Å². The lowest BCUT2D eigenvalue weighted by Gasteiger charge is -2.33. The zero-order valence-electron chi connectivity index (χ0n) is 62.7. The molecule has 36 heteroatoms. The third kappa shape index (κ3) is 34.3. The van der Waals surface area contributed by atoms with Gasteiger partial charge in [-0.25, -0.2) is 4.39 Å². The van der Waals surface area contributed by atoms with Gasteiger partial charge < -0.3 is 69.8 Å². The molecule has 0 saturated heterocycles. The van der Waals surface area contributed by atoms with E-state index in [1.165, 1.54) is 52.8 Å². The van der Waals surface area contributed by atoms with E-state index < -0.39 is 211 Å². The predicted octanol–water partition coefficient (Wildman–Crippen LogP) is 0.979. The van der Waals surface area contributed by atoms with Crippen molar-refractivity contribution in [2.75, 3.05) is 26.2 Å². The molecule has 0 bridgehead atoms. The smallest absolute Gasteiger partial charge is 0.243 e. The van der Waals surface area contributed by atoms with E-state index in [4.69, 9.17) is 22.7 Å². The maximum Gasteiger partial charge on any atom is 0.243 e. The Morgan fingerprint density at radius 2 is 1.16 bits per heavy atom. The highest BCUT2D eigenvalue weighted by molar-refractivity contribution is 6.00. The summed E-state index contributed by atoms with van der Waals surface area (Å²) in [5.41, 5.74) is 23.7. The maximum atomic E-state index is 15.5. The molecule has 0 aliphatic carbocycles. The summed E-state index contributed by atoms with van der Waals surface area (Å²) in [5, 5.41) is 40.3. The molecule has 0 spiro atoms. The first-order valence-electron chi connectivity index (χ1n) is 35.8. The summed E-state index contributed by atoms with van der Waals surface area (Å²) >= 11 is 0. The topological polar surface area (TPSA) is 563 Å². The second-order valence-corrected chi connectivity index (χ2v) is 28.1. The van der Waals surface area contributed by atoms with Crippen LogP contribution in [0.25, 0.3) is 10.4 Å². The molecule has 0 aliphatic rings. The molecule has 588 valence electrons. The van der Waals surface area contributed by atoms with Crippen LogP contribution in [0.15, 0.2) is 29.4 Å². The molecular weight excluding hydrogens is 1380 g/mol. The lowest BCUT2D eigenvalue weighted by atomic mass is 9.76. The lowest BCUT2D eigenvalue weighted by Crippen LogP contribution is -2.58. The number of tetrazole rings is 1. The van der Waals surface area contributed by atoms with Gasteiger partial charge in [0.15, 0.2) is 23.2 Å². The van der Waals surface area contributed by atoms with Gasteiger partial charge >= 0.3 is 0 Å². The molecule has 12 atom stereocenters. The van der Waals surface area contributed by atoms with Crippen LogP contribution >= 0.6 is 0 Å². The quantitative estimate of drug-likeness (QED) is 0.0190. The van der Waals surface area contributed by atoms with Gasteiger partial charge in [0, 0.05) is 74.2 Å². The summed E-state index contributed by atoms with van der Waals surface area (Å²) in [6.07, 6.45) is -2.10. The number of unbranched alkanes of at least 4 members (excludes halogenated alkanes) is 2. The number of azide groups is 1. The molecule has 2 aromatic rings. The van der Waals surface area contributed by atoms with Gasteiger partial charge in [0.2, 0.25) is 65.0 Å². The van der Waals surface area contributed by atoms with Crippen molar-refractivity contribution in [1.29, 1.82) is 0 Å². The minimum absolute atomic E-state index is 0.00273. The van der Waals surface area contributed by atoms with Crippen molar-refractivity contribution < 1.29 is 81.1 Å². The number of carbonyl (C=O) groups is 16. The van der Waals surface area contributed by atoms with Crippen molar-refractivity contribution in [2.45, 2.75) is 234 Å². The van der Waals surface area contributed by atoms with Gasteiger partial charge in [-0.1, -0.05) is 96.3 Å². The first kappa shape index (κ1) is 92.1. The molecule has 1 aromatic heterocycles. The summed E-state index contributed by atoms with van der Waals surface area (Å²) in [7, 11) is 0. The van der Waals surface area contributed by atoms with Crippen molar-refractivity contribution >= 4 is 93.9 Å². The van der Waals surface area contributed by atoms with E-state index in [0.29, 0.717) is 25.7 Å². The zero-order chi connectivity index (χ0) is 80.0. The fourth-order valence-electron chi connectivity index (χ4n) is 11.5. The lowest BCUT2D eigenvalue weighted by molar-refractivity contribution is -0.140. The Labute approximate surface area is 616 Å². The van der Waals surface area contributed by atoms with Crippen LogP contribution in [0.5, 0.6) is 0 Å². The third-order valence-corrected chi connectivity index (χ3v) is 17.8. The molecule has 2 rings (SSSR count). The highest BCUT2D eigenvalue weighted by Gasteiger charge is 2.42. The van der Waals surface area contributed by atoms with Gasteiger partial charge in [0.05, 0.1) is 36.6 Å². The number of halogens is 1. The number of Topliss-reactive ketones (excluding diaryl/α,β-unsaturated/α-hetero) is 5. The van der Waals surface area contributed by atoms with E-state index in [9.17, 15) is 76.7 Å². The molecule has 11 amide bonds. The van der Waals surface area contributed by atoms with E-state index in [-0.39, 0.29) is 99.9 Å². The number of hydrogen-bond donors (Lipinski definition) is 13. The fraction of sp³-hybridized carbons (Fsp3) is 0.671. The number of carbonyl (C=O) groups excluding carboxylic acids is 16. The van der Waals surface area contributed by atoms with Crippen LogP contribution < -0.4 is 65.1 Å². The van der Waals surface area contributed by atoms with Crippen molar-refractivity contribution in [3.63, 3.8) is 0 Å². The first-order chi connectivity index (χ1) is 49.9. The molecule has 0 saturated carbocycles. The number of nitrogens with zero attached hydrogens (tertiary/aromatic N) is 6. The minimum Gasteiger partial charge on any atom is -0.370 e. The number of nitrogens with one attached hydrogen (secondary N) is 10. The molecule has 1 heterocycles. The molecule has 0 radical (unpaired) electrons. The predicted molar refractivity (Wildman–Crippen MR) is 384 cm³/mol. The normalized spacial score (nSPS) is 14.9. The number of amides is 11. The maximum absolute atomic E-state index is 15.5. The number of rotatable bonds is 54. The van der Waals surface area contributed by atoms with Crippen LogP contribution in [0, 0.1) is 46.7 Å². The summed E-state index contributed by atoms with van der Waals surface area (Å²) in [6.45, 7) is 16.1. The van der Waals surface area contributed by atoms with Gasteiger partial charge in [-0.2, -0.15) is 5.21 Å². The summed E-state index contributed by atoms with van der Waals surface area (Å²) in [4.78, 5) is 219. The van der Waals surface area contributed by atoms with E-state index in [0.717, 1.165) is 6.07 Å². The Kier molecular flexibility index (Phi) is 41.2. The standard InChI is InChI=1S/C70H110FN19O16/c1-12-40(6)61(84-64(101)46(19-15-17-27-72)32-54(94)52(33-58-86-89-90-87-58)83-65(102)48(29-38(2)3)30-41(7)91)68(105)80-44(10)62(99)81-50(23-25-56(73)96)53(93)31-45(20-16-18-28-78-88-75)63(100)79-43(9)55(95)35-70(11,34-47-21-13-14-22-49(47)71)69(106)85-60(39(4)5)67(104)82-51(24-26-57(74)97)66(103)77-37-59(98)76-36-42(8)92/h13-14,21-22,38-40,43-46,48,50-52,60-61H,12,15-20,23-37,72H2,1-11H3,(H2,73,96)(H2,74,97)(H,76,98)(H,77,103)(H,79,100)(H,80,105)(H,81,99)(H,82,104)(H,83,102)(H,84,101)(H,85,106)(H,86,87,89,90)/t40-,43-,44-,45+,46+,48+,50-,51-,52-,60-,61-,70+/m0/s1. The number of ketones is 5. The van der Waals surface area contributed by atoms with Gasteiger partial charge in [-0.05, 0) is 121 Å².